The summed E-state index contributed by atoms with van der Waals surface area (Å²) in [6.45, 7) is 2.85. The molecule has 0 fully saturated rings. The average Bonchev–Trinajstić information content (AvgIpc) is 2.41. The van der Waals surface area contributed by atoms with Crippen LogP contribution in [0.4, 0.5) is 0 Å². The smallest absolute Gasteiger partial charge is 0.305 e. The first kappa shape index (κ1) is 14.6. The van der Waals surface area contributed by atoms with E-state index in [2.05, 4.69) is 23.8 Å². The van der Waals surface area contributed by atoms with Gasteiger partial charge in [0.25, 0.3) is 0 Å². The van der Waals surface area contributed by atoms with Gasteiger partial charge in [-0.15, -0.1) is 0 Å². The molecule has 0 saturated carbocycles. The lowest BCUT2D eigenvalue weighted by atomic mass is 10.1. The lowest BCUT2D eigenvalue weighted by Gasteiger charge is -2.07. The first-order chi connectivity index (χ1) is 8.76. The summed E-state index contributed by atoms with van der Waals surface area (Å²) in [6.07, 6.45) is 4.35. The van der Waals surface area contributed by atoms with Gasteiger partial charge in [-0.1, -0.05) is 19.1 Å². The molecule has 0 aliphatic rings. The number of esters is 1. The van der Waals surface area contributed by atoms with Crippen molar-refractivity contribution in [3.05, 3.63) is 29.8 Å². The van der Waals surface area contributed by atoms with Crippen molar-refractivity contribution in [2.45, 2.75) is 39.0 Å². The van der Waals surface area contributed by atoms with Gasteiger partial charge in [0.05, 0.1) is 13.7 Å². The third-order valence-corrected chi connectivity index (χ3v) is 2.70. The second kappa shape index (κ2) is 8.56. The first-order valence-electron chi connectivity index (χ1n) is 6.54. The molecule has 0 aliphatic carbocycles. The Hall–Kier alpha value is -1.51. The zero-order valence-corrected chi connectivity index (χ0v) is 11.3. The number of carbonyl (C=O) groups excluding carboxylic acids is 1. The van der Waals surface area contributed by atoms with Crippen LogP contribution < -0.4 is 4.74 Å². The van der Waals surface area contributed by atoms with Crippen molar-refractivity contribution in [2.24, 2.45) is 0 Å². The number of hydrogen-bond donors (Lipinski definition) is 0. The largest absolute Gasteiger partial charge is 0.494 e. The molecule has 0 N–H and O–H groups in total. The van der Waals surface area contributed by atoms with Crippen molar-refractivity contribution in [3.8, 4) is 5.75 Å². The molecule has 0 heterocycles. The molecule has 0 spiro atoms. The van der Waals surface area contributed by atoms with E-state index in [1.54, 1.807) is 0 Å². The Balaban J connectivity index is 2.31. The van der Waals surface area contributed by atoms with Gasteiger partial charge in [0.2, 0.25) is 0 Å². The summed E-state index contributed by atoms with van der Waals surface area (Å²) < 4.78 is 10.2. The predicted octanol–water partition coefficient (Wildman–Crippen LogP) is 3.36. The molecule has 0 aliphatic heterocycles. The van der Waals surface area contributed by atoms with E-state index < -0.39 is 0 Å². The molecule has 1 rings (SSSR count). The van der Waals surface area contributed by atoms with E-state index >= 15 is 0 Å². The second-order valence-electron chi connectivity index (χ2n) is 4.28. The van der Waals surface area contributed by atoms with Crippen LogP contribution >= 0.6 is 0 Å². The quantitative estimate of drug-likeness (QED) is 0.524. The van der Waals surface area contributed by atoms with E-state index in [1.165, 1.54) is 12.7 Å². The first-order valence-corrected chi connectivity index (χ1v) is 6.54. The van der Waals surface area contributed by atoms with E-state index in [4.69, 9.17) is 4.74 Å². The number of hydrogen-bond acceptors (Lipinski definition) is 3. The molecule has 0 aromatic heterocycles. The minimum atomic E-state index is -0.130. The Bertz CT molecular complexity index is 361. The van der Waals surface area contributed by atoms with E-state index in [-0.39, 0.29) is 5.97 Å². The highest BCUT2D eigenvalue weighted by Crippen LogP contribution is 2.15. The van der Waals surface area contributed by atoms with E-state index in [9.17, 15) is 4.79 Å². The zero-order chi connectivity index (χ0) is 13.2. The maximum absolute atomic E-state index is 11.0. The van der Waals surface area contributed by atoms with Crippen LogP contribution in [0.1, 0.15) is 38.2 Å². The molecule has 0 saturated heterocycles. The molecular weight excluding hydrogens is 228 g/mol. The summed E-state index contributed by atoms with van der Waals surface area (Å²) in [4.78, 5) is 11.0. The lowest BCUT2D eigenvalue weighted by molar-refractivity contribution is -0.140. The summed E-state index contributed by atoms with van der Waals surface area (Å²) in [7, 11) is 1.43. The standard InChI is InChI=1S/C15H22O3/c1-3-11-18-14-9-6-8-13(12-14)7-4-5-10-15(16)17-2/h6,8-9,12H,3-5,7,10-11H2,1-2H3. The summed E-state index contributed by atoms with van der Waals surface area (Å²) >= 11 is 0. The Morgan fingerprint density at radius 3 is 2.83 bits per heavy atom. The Kier molecular flexibility index (Phi) is 6.92. The van der Waals surface area contributed by atoms with Crippen LogP contribution in [0.15, 0.2) is 24.3 Å². The van der Waals surface area contributed by atoms with Gasteiger partial charge in [0.1, 0.15) is 5.75 Å². The van der Waals surface area contributed by atoms with Gasteiger partial charge < -0.3 is 9.47 Å². The molecule has 3 heteroatoms. The van der Waals surface area contributed by atoms with E-state index in [0.717, 1.165) is 38.0 Å². The average molecular weight is 250 g/mol. The number of ether oxygens (including phenoxy) is 2. The SMILES string of the molecule is CCCOc1cccc(CCCCC(=O)OC)c1. The second-order valence-corrected chi connectivity index (χ2v) is 4.28. The molecule has 0 bridgehead atoms. The highest BCUT2D eigenvalue weighted by atomic mass is 16.5. The molecule has 1 aromatic rings. The number of aryl methyl sites for hydroxylation is 1. The molecule has 100 valence electrons. The van der Waals surface area contributed by atoms with Crippen LogP contribution in [0, 0.1) is 0 Å². The van der Waals surface area contributed by atoms with Gasteiger partial charge in [0.15, 0.2) is 0 Å². The van der Waals surface area contributed by atoms with Crippen molar-refractivity contribution >= 4 is 5.97 Å². The van der Waals surface area contributed by atoms with E-state index in [1.807, 2.05) is 12.1 Å². The lowest BCUT2D eigenvalue weighted by Crippen LogP contribution is -2.00. The number of methoxy groups -OCH3 is 1. The van der Waals surface area contributed by atoms with Crippen molar-refractivity contribution in [3.63, 3.8) is 0 Å². The molecular formula is C15H22O3. The van der Waals surface area contributed by atoms with Crippen molar-refractivity contribution in [1.82, 2.24) is 0 Å². The van der Waals surface area contributed by atoms with Crippen LogP contribution in [-0.2, 0) is 16.0 Å². The molecule has 18 heavy (non-hydrogen) atoms. The minimum absolute atomic E-state index is 0.130. The van der Waals surface area contributed by atoms with Crippen LogP contribution in [-0.4, -0.2) is 19.7 Å². The summed E-state index contributed by atoms with van der Waals surface area (Å²) in [5.41, 5.74) is 1.26. The third kappa shape index (κ3) is 5.71. The Morgan fingerprint density at radius 1 is 1.28 bits per heavy atom. The van der Waals surface area contributed by atoms with Crippen molar-refractivity contribution in [1.29, 1.82) is 0 Å². The highest BCUT2D eigenvalue weighted by Gasteiger charge is 2.01. The Morgan fingerprint density at radius 2 is 2.11 bits per heavy atom. The molecule has 0 unspecified atom stereocenters. The fraction of sp³-hybridized carbons (Fsp3) is 0.533. The molecule has 0 amide bonds. The fourth-order valence-electron chi connectivity index (χ4n) is 1.71. The molecule has 0 radical (unpaired) electrons. The number of rotatable bonds is 8. The summed E-state index contributed by atoms with van der Waals surface area (Å²) in [5, 5.41) is 0. The summed E-state index contributed by atoms with van der Waals surface area (Å²) in [6, 6.07) is 8.17. The monoisotopic (exact) mass is 250 g/mol. The van der Waals surface area contributed by atoms with Crippen LogP contribution in [0.5, 0.6) is 5.75 Å². The van der Waals surface area contributed by atoms with Gasteiger partial charge in [-0.25, -0.2) is 0 Å². The highest BCUT2D eigenvalue weighted by molar-refractivity contribution is 5.68. The summed E-state index contributed by atoms with van der Waals surface area (Å²) in [5.74, 6) is 0.803. The molecule has 1 aromatic carbocycles. The van der Waals surface area contributed by atoms with Gasteiger partial charge >= 0.3 is 5.97 Å². The van der Waals surface area contributed by atoms with E-state index in [0.29, 0.717) is 6.42 Å². The maximum atomic E-state index is 11.0. The fourth-order valence-corrected chi connectivity index (χ4v) is 1.71. The normalized spacial score (nSPS) is 10.1. The van der Waals surface area contributed by atoms with Gasteiger partial charge in [-0.3, -0.25) is 4.79 Å². The van der Waals surface area contributed by atoms with Gasteiger partial charge in [0, 0.05) is 6.42 Å². The molecule has 3 nitrogen and oxygen atoms in total. The van der Waals surface area contributed by atoms with Gasteiger partial charge in [-0.05, 0) is 43.4 Å². The van der Waals surface area contributed by atoms with Crippen molar-refractivity contribution in [2.75, 3.05) is 13.7 Å². The van der Waals surface area contributed by atoms with Crippen LogP contribution in [0.25, 0.3) is 0 Å². The molecule has 0 atom stereocenters. The zero-order valence-electron chi connectivity index (χ0n) is 11.3. The maximum Gasteiger partial charge on any atom is 0.305 e. The van der Waals surface area contributed by atoms with Crippen LogP contribution in [0.2, 0.25) is 0 Å². The predicted molar refractivity (Wildman–Crippen MR) is 71.8 cm³/mol. The minimum Gasteiger partial charge on any atom is -0.494 e. The topological polar surface area (TPSA) is 35.5 Å². The van der Waals surface area contributed by atoms with Gasteiger partial charge in [-0.2, -0.15) is 0 Å². The van der Waals surface area contributed by atoms with Crippen LogP contribution in [0.3, 0.4) is 0 Å². The van der Waals surface area contributed by atoms with Crippen molar-refractivity contribution < 1.29 is 14.3 Å². The number of unbranched alkanes of at least 4 members (excludes halogenated alkanes) is 1. The number of carbonyl (C=O) groups is 1. The third-order valence-electron chi connectivity index (χ3n) is 2.70. The number of benzene rings is 1. The Labute approximate surface area is 109 Å².